The Balaban J connectivity index is 3.17. The maximum absolute atomic E-state index is 5.46. The minimum atomic E-state index is 0.640. The molecule has 3 nitrogen and oxygen atoms in total. The number of anilines is 1. The normalized spacial score (nSPS) is 9.44. The molecule has 1 rings (SSSR count). The summed E-state index contributed by atoms with van der Waals surface area (Å²) in [5.41, 5.74) is 6.85. The minimum Gasteiger partial charge on any atom is -0.395 e. The zero-order valence-corrected chi connectivity index (χ0v) is 7.08. The monoisotopic (exact) mass is 233 g/mol. The Bertz CT molecular complexity index is 227. The van der Waals surface area contributed by atoms with Crippen LogP contribution in [0.2, 0.25) is 0 Å². The molecule has 0 aromatic carbocycles. The number of hydrogen-bond donors (Lipinski definition) is 1. The van der Waals surface area contributed by atoms with Gasteiger partial charge in [0.25, 0.3) is 0 Å². The number of aromatic nitrogens is 2. The summed E-state index contributed by atoms with van der Waals surface area (Å²) in [5, 5.41) is 0. The first-order valence-electron chi connectivity index (χ1n) is 2.45. The molecule has 0 radical (unpaired) electrons. The van der Waals surface area contributed by atoms with E-state index in [1.54, 1.807) is 6.20 Å². The third-order valence-electron chi connectivity index (χ3n) is 0.889. The Labute approximate surface area is 67.6 Å². The Morgan fingerprint density at radius 3 is 2.78 bits per heavy atom. The predicted molar refractivity (Wildman–Crippen MR) is 47.3 cm³/mol. The van der Waals surface area contributed by atoms with Crippen LogP contribution in [0.1, 0.15) is 0 Å². The second-order valence-corrected chi connectivity index (χ2v) is 2.69. The molecule has 1 aromatic heterocycles. The highest BCUT2D eigenvalue weighted by Gasteiger charge is 1.94. The third kappa shape index (κ3) is 1.54. The van der Waals surface area contributed by atoms with Gasteiger partial charge in [0.15, 0.2) is 7.85 Å². The van der Waals surface area contributed by atoms with E-state index in [1.165, 1.54) is 0 Å². The Morgan fingerprint density at radius 1 is 1.67 bits per heavy atom. The van der Waals surface area contributed by atoms with Gasteiger partial charge in [0.2, 0.25) is 0 Å². The molecule has 9 heavy (non-hydrogen) atoms. The molecule has 0 aliphatic carbocycles. The van der Waals surface area contributed by atoms with Gasteiger partial charge in [-0.15, -0.1) is 0 Å². The molecule has 0 bridgehead atoms. The molecule has 5 heteroatoms. The average molecular weight is 233 g/mol. The van der Waals surface area contributed by atoms with Gasteiger partial charge in [-0.2, -0.15) is 0 Å². The van der Waals surface area contributed by atoms with Gasteiger partial charge >= 0.3 is 0 Å². The summed E-state index contributed by atoms with van der Waals surface area (Å²) in [6, 6.07) is 0. The molecule has 0 amide bonds. The Hall–Kier alpha value is -0.325. The van der Waals surface area contributed by atoms with Crippen molar-refractivity contribution in [1.29, 1.82) is 0 Å². The molecule has 1 heterocycles. The van der Waals surface area contributed by atoms with Crippen molar-refractivity contribution in [3.63, 3.8) is 0 Å². The standard InChI is InChI=1S/C4H5BIN3/c5-4-8-1-2(7)3(6)9-4/h1H,5,7H2. The van der Waals surface area contributed by atoms with Gasteiger partial charge in [0, 0.05) is 0 Å². The van der Waals surface area contributed by atoms with Crippen LogP contribution in [0.15, 0.2) is 6.20 Å². The van der Waals surface area contributed by atoms with Crippen LogP contribution >= 0.6 is 22.6 Å². The Kier molecular flexibility index (Phi) is 1.89. The smallest absolute Gasteiger partial charge is 0.189 e. The molecular formula is C4H5BIN3. The second-order valence-electron chi connectivity index (χ2n) is 1.66. The van der Waals surface area contributed by atoms with Gasteiger partial charge in [0.05, 0.1) is 17.6 Å². The first kappa shape index (κ1) is 6.79. The second kappa shape index (κ2) is 2.51. The van der Waals surface area contributed by atoms with E-state index in [2.05, 4.69) is 32.6 Å². The van der Waals surface area contributed by atoms with Crippen LogP contribution in [-0.4, -0.2) is 17.8 Å². The zero-order chi connectivity index (χ0) is 6.85. The van der Waals surface area contributed by atoms with E-state index >= 15 is 0 Å². The van der Waals surface area contributed by atoms with Crippen LogP contribution in [0.25, 0.3) is 0 Å². The van der Waals surface area contributed by atoms with Crippen molar-refractivity contribution in [1.82, 2.24) is 9.97 Å². The van der Waals surface area contributed by atoms with Crippen LogP contribution in [0.4, 0.5) is 5.69 Å². The van der Waals surface area contributed by atoms with Crippen molar-refractivity contribution < 1.29 is 0 Å². The van der Waals surface area contributed by atoms with E-state index in [0.717, 1.165) is 9.42 Å². The summed E-state index contributed by atoms with van der Waals surface area (Å²) in [7, 11) is 1.83. The summed E-state index contributed by atoms with van der Waals surface area (Å²) < 4.78 is 0.820. The van der Waals surface area contributed by atoms with Crippen LogP contribution in [0.3, 0.4) is 0 Å². The van der Waals surface area contributed by atoms with Crippen molar-refractivity contribution in [3.05, 3.63) is 9.90 Å². The summed E-state index contributed by atoms with van der Waals surface area (Å²) in [4.78, 5) is 7.92. The lowest BCUT2D eigenvalue weighted by Gasteiger charge is -1.95. The largest absolute Gasteiger partial charge is 0.395 e. The molecular weight excluding hydrogens is 228 g/mol. The molecule has 0 saturated heterocycles. The van der Waals surface area contributed by atoms with E-state index in [-0.39, 0.29) is 0 Å². The van der Waals surface area contributed by atoms with E-state index in [4.69, 9.17) is 5.73 Å². The molecule has 2 N–H and O–H groups in total. The van der Waals surface area contributed by atoms with Crippen molar-refractivity contribution in [2.45, 2.75) is 0 Å². The molecule has 0 aliphatic heterocycles. The van der Waals surface area contributed by atoms with Crippen molar-refractivity contribution in [2.75, 3.05) is 5.73 Å². The predicted octanol–water partition coefficient (Wildman–Crippen LogP) is -1.08. The third-order valence-corrected chi connectivity index (χ3v) is 1.75. The summed E-state index contributed by atoms with van der Waals surface area (Å²) in [6.45, 7) is 0. The fourth-order valence-corrected chi connectivity index (χ4v) is 0.940. The van der Waals surface area contributed by atoms with E-state index in [9.17, 15) is 0 Å². The van der Waals surface area contributed by atoms with E-state index < -0.39 is 0 Å². The van der Waals surface area contributed by atoms with Crippen LogP contribution < -0.4 is 11.5 Å². The number of nitrogens with zero attached hydrogens (tertiary/aromatic N) is 2. The highest BCUT2D eigenvalue weighted by atomic mass is 127. The highest BCUT2D eigenvalue weighted by molar-refractivity contribution is 14.1. The van der Waals surface area contributed by atoms with Crippen LogP contribution in [0.5, 0.6) is 0 Å². The summed E-state index contributed by atoms with van der Waals surface area (Å²) in [5.74, 6) is 0. The molecule has 0 atom stereocenters. The zero-order valence-electron chi connectivity index (χ0n) is 4.93. The molecule has 1 aromatic rings. The SMILES string of the molecule is Bc1ncc(N)c(I)n1. The quantitative estimate of drug-likeness (QED) is 0.352. The van der Waals surface area contributed by atoms with E-state index in [0.29, 0.717) is 5.69 Å². The average Bonchev–Trinajstić information content (AvgIpc) is 1.80. The van der Waals surface area contributed by atoms with Gasteiger partial charge < -0.3 is 5.73 Å². The van der Waals surface area contributed by atoms with Gasteiger partial charge in [-0.3, -0.25) is 4.98 Å². The summed E-state index contributed by atoms with van der Waals surface area (Å²) >= 11 is 2.07. The van der Waals surface area contributed by atoms with Gasteiger partial charge in [0.1, 0.15) is 3.70 Å². The lowest BCUT2D eigenvalue weighted by Crippen LogP contribution is -2.15. The lowest BCUT2D eigenvalue weighted by atomic mass is 10.1. The fourth-order valence-electron chi connectivity index (χ4n) is 0.452. The van der Waals surface area contributed by atoms with Crippen molar-refractivity contribution in [3.8, 4) is 0 Å². The number of hydrogen-bond acceptors (Lipinski definition) is 3. The van der Waals surface area contributed by atoms with Crippen LogP contribution in [-0.2, 0) is 0 Å². The number of nitrogens with two attached hydrogens (primary N) is 1. The van der Waals surface area contributed by atoms with Gasteiger partial charge in [-0.25, -0.2) is 4.98 Å². The molecule has 0 saturated carbocycles. The van der Waals surface area contributed by atoms with Gasteiger partial charge in [-0.1, -0.05) is 0 Å². The van der Waals surface area contributed by atoms with Crippen molar-refractivity contribution in [2.24, 2.45) is 0 Å². The topological polar surface area (TPSA) is 51.8 Å². The van der Waals surface area contributed by atoms with E-state index in [1.807, 2.05) is 7.85 Å². The summed E-state index contributed by atoms with van der Waals surface area (Å²) in [6.07, 6.45) is 1.62. The number of rotatable bonds is 0. The fraction of sp³-hybridized carbons (Fsp3) is 0. The molecule has 0 aliphatic rings. The first-order chi connectivity index (χ1) is 4.20. The Morgan fingerprint density at radius 2 is 2.33 bits per heavy atom. The number of halogens is 1. The molecule has 0 spiro atoms. The first-order valence-corrected chi connectivity index (χ1v) is 3.52. The molecule has 46 valence electrons. The van der Waals surface area contributed by atoms with Crippen molar-refractivity contribution >= 4 is 41.8 Å². The molecule has 0 fully saturated rings. The minimum absolute atomic E-state index is 0.640. The highest BCUT2D eigenvalue weighted by Crippen LogP contribution is 2.05. The molecule has 0 unspecified atom stereocenters. The van der Waals surface area contributed by atoms with Crippen LogP contribution in [0, 0.1) is 3.70 Å². The maximum Gasteiger partial charge on any atom is 0.189 e. The maximum atomic E-state index is 5.46. The lowest BCUT2D eigenvalue weighted by molar-refractivity contribution is 1.21. The number of nitrogen functional groups attached to an aromatic ring is 1. The van der Waals surface area contributed by atoms with Gasteiger partial charge in [-0.05, 0) is 22.6 Å².